The van der Waals surface area contributed by atoms with Crippen LogP contribution in [-0.2, 0) is 25.9 Å². The van der Waals surface area contributed by atoms with Gasteiger partial charge in [0.15, 0.2) is 11.9 Å². The predicted octanol–water partition coefficient (Wildman–Crippen LogP) is 3.13. The number of nitrogen functional groups attached to an aromatic ring is 2. The highest BCUT2D eigenvalue weighted by Gasteiger charge is 2.07. The number of nitrogens with two attached hydrogens (primary N) is 3. The van der Waals surface area contributed by atoms with E-state index in [4.69, 9.17) is 23.6 Å². The van der Waals surface area contributed by atoms with Crippen molar-refractivity contribution in [1.82, 2.24) is 54.9 Å². The first kappa shape index (κ1) is 33.1. The number of terminal acetylenes is 1. The molecule has 14 nitrogen and oxygen atoms in total. The number of anilines is 2. The highest BCUT2D eigenvalue weighted by molar-refractivity contribution is 5.85. The number of hydrogen-bond donors (Lipinski definition) is 7. The Balaban J connectivity index is 0.000000202. The zero-order valence-corrected chi connectivity index (χ0v) is 25.1. The molecule has 0 spiro atoms. The van der Waals surface area contributed by atoms with Crippen LogP contribution in [0.15, 0.2) is 67.1 Å². The van der Waals surface area contributed by atoms with Gasteiger partial charge < -0.3 is 37.1 Å². The van der Waals surface area contributed by atoms with Gasteiger partial charge in [0, 0.05) is 24.0 Å². The standard InChI is InChI=1S/C14H14N8.C8H9N3.C6H7N3.2ClH/c15-14-16-6-9(17-14)5-10-7-22(21-20-10)8-13-18-11-3-1-2-4-12(11)19-13;9-5-8-10-6-3-1-2-4-7(6)11-8;1-2-3-5-4-8-6(7)9-5;;/h1-4,6-7H,5,8H2,(H,18,19)(H3,15,16,17);1-4H,5,9H2,(H,10,11);1,4H,3H2,(H3,7,8,9);2*1H. The monoisotopic (exact) mass is 634 g/mol. The van der Waals surface area contributed by atoms with E-state index in [1.165, 1.54) is 0 Å². The Morgan fingerprint density at radius 1 is 0.773 bits per heavy atom. The van der Waals surface area contributed by atoms with Gasteiger partial charge in [0.2, 0.25) is 0 Å². The van der Waals surface area contributed by atoms with Crippen molar-refractivity contribution in [3.8, 4) is 12.3 Å². The van der Waals surface area contributed by atoms with Crippen LogP contribution >= 0.6 is 24.8 Å². The molecule has 5 aromatic heterocycles. The molecule has 228 valence electrons. The minimum absolute atomic E-state index is 0. The lowest BCUT2D eigenvalue weighted by Gasteiger charge is -1.95. The van der Waals surface area contributed by atoms with Crippen LogP contribution in [0.25, 0.3) is 22.1 Å². The Labute approximate surface area is 264 Å². The number of nitrogens with one attached hydrogen (secondary N) is 4. The van der Waals surface area contributed by atoms with Gasteiger partial charge in [-0.1, -0.05) is 29.5 Å². The van der Waals surface area contributed by atoms with E-state index in [2.05, 4.69) is 56.1 Å². The minimum Gasteiger partial charge on any atom is -0.369 e. The number of H-pyrrole nitrogens is 4. The molecule has 44 heavy (non-hydrogen) atoms. The number of halogens is 2. The molecule has 0 radical (unpaired) electrons. The van der Waals surface area contributed by atoms with E-state index in [1.807, 2.05) is 54.7 Å². The van der Waals surface area contributed by atoms with Crippen molar-refractivity contribution in [1.29, 1.82) is 0 Å². The van der Waals surface area contributed by atoms with Crippen LogP contribution in [-0.4, -0.2) is 54.9 Å². The van der Waals surface area contributed by atoms with E-state index in [0.29, 0.717) is 37.8 Å². The van der Waals surface area contributed by atoms with Gasteiger partial charge in [0.25, 0.3) is 0 Å². The third-order valence-corrected chi connectivity index (χ3v) is 5.93. The van der Waals surface area contributed by atoms with E-state index >= 15 is 0 Å². The zero-order valence-electron chi connectivity index (χ0n) is 23.4. The summed E-state index contributed by atoms with van der Waals surface area (Å²) in [6.07, 6.45) is 11.4. The van der Waals surface area contributed by atoms with Gasteiger partial charge in [0.1, 0.15) is 18.2 Å². The minimum atomic E-state index is 0. The Bertz CT molecular complexity index is 1860. The summed E-state index contributed by atoms with van der Waals surface area (Å²) in [6.45, 7) is 1.02. The Kier molecular flexibility index (Phi) is 11.9. The summed E-state index contributed by atoms with van der Waals surface area (Å²) in [5, 5.41) is 8.28. The molecule has 10 N–H and O–H groups in total. The maximum atomic E-state index is 5.56. The van der Waals surface area contributed by atoms with Gasteiger partial charge in [-0.05, 0) is 24.3 Å². The second-order valence-corrected chi connectivity index (χ2v) is 9.16. The normalized spacial score (nSPS) is 10.1. The third-order valence-electron chi connectivity index (χ3n) is 5.93. The molecule has 0 saturated carbocycles. The van der Waals surface area contributed by atoms with Crippen molar-refractivity contribution in [2.24, 2.45) is 5.73 Å². The van der Waals surface area contributed by atoms with Crippen LogP contribution < -0.4 is 17.2 Å². The smallest absolute Gasteiger partial charge is 0.197 e. The maximum absolute atomic E-state index is 5.56. The molecule has 0 atom stereocenters. The Hall–Kier alpha value is -5.36. The van der Waals surface area contributed by atoms with Crippen LogP contribution in [0.2, 0.25) is 0 Å². The topological polar surface area (TPSA) is 223 Å². The lowest BCUT2D eigenvalue weighted by molar-refractivity contribution is 0.630. The highest BCUT2D eigenvalue weighted by Crippen LogP contribution is 2.12. The molecule has 2 aromatic carbocycles. The van der Waals surface area contributed by atoms with Crippen molar-refractivity contribution in [3.63, 3.8) is 0 Å². The van der Waals surface area contributed by atoms with Crippen LogP contribution in [0.5, 0.6) is 0 Å². The quantitative estimate of drug-likeness (QED) is 0.133. The molecule has 0 unspecified atom stereocenters. The summed E-state index contributed by atoms with van der Waals surface area (Å²) in [5.74, 6) is 4.98. The van der Waals surface area contributed by atoms with Gasteiger partial charge in [-0.3, -0.25) is 0 Å². The molecule has 0 amide bonds. The van der Waals surface area contributed by atoms with Gasteiger partial charge >= 0.3 is 0 Å². The number of aromatic nitrogens is 11. The predicted molar refractivity (Wildman–Crippen MR) is 175 cm³/mol. The third kappa shape index (κ3) is 8.82. The lowest BCUT2D eigenvalue weighted by Crippen LogP contribution is -2.02. The molecule has 5 heterocycles. The number of imidazole rings is 4. The van der Waals surface area contributed by atoms with Gasteiger partial charge in [-0.25, -0.2) is 24.6 Å². The highest BCUT2D eigenvalue weighted by atomic mass is 35.5. The molecule has 7 rings (SSSR count). The van der Waals surface area contributed by atoms with Crippen LogP contribution in [0.3, 0.4) is 0 Å². The Morgan fingerprint density at radius 2 is 1.34 bits per heavy atom. The van der Waals surface area contributed by atoms with Gasteiger partial charge in [-0.2, -0.15) is 0 Å². The molecule has 7 aromatic rings. The Morgan fingerprint density at radius 3 is 1.89 bits per heavy atom. The summed E-state index contributed by atoms with van der Waals surface area (Å²) >= 11 is 0. The molecule has 0 fully saturated rings. The first-order chi connectivity index (χ1) is 20.5. The largest absolute Gasteiger partial charge is 0.369 e. The second kappa shape index (κ2) is 15.8. The van der Waals surface area contributed by atoms with E-state index in [-0.39, 0.29) is 24.8 Å². The number of aromatic amines is 4. The molecule has 16 heteroatoms. The number of para-hydroxylation sites is 4. The van der Waals surface area contributed by atoms with Gasteiger partial charge in [-0.15, -0.1) is 42.3 Å². The lowest BCUT2D eigenvalue weighted by atomic mass is 10.3. The van der Waals surface area contributed by atoms with E-state index < -0.39 is 0 Å². The molecule has 0 aliphatic rings. The summed E-state index contributed by atoms with van der Waals surface area (Å²) in [5.41, 5.74) is 22.9. The van der Waals surface area contributed by atoms with Crippen molar-refractivity contribution in [2.75, 3.05) is 11.5 Å². The summed E-state index contributed by atoms with van der Waals surface area (Å²) in [4.78, 5) is 28.7. The van der Waals surface area contributed by atoms with Crippen molar-refractivity contribution >= 4 is 58.8 Å². The zero-order chi connectivity index (χ0) is 29.3. The maximum Gasteiger partial charge on any atom is 0.197 e. The molecular weight excluding hydrogens is 603 g/mol. The summed E-state index contributed by atoms with van der Waals surface area (Å²) in [7, 11) is 0. The molecule has 0 bridgehead atoms. The molecule has 0 aliphatic carbocycles. The average molecular weight is 636 g/mol. The fourth-order valence-electron chi connectivity index (χ4n) is 4.07. The van der Waals surface area contributed by atoms with Crippen molar-refractivity contribution < 1.29 is 0 Å². The summed E-state index contributed by atoms with van der Waals surface area (Å²) in [6, 6.07) is 15.8. The van der Waals surface area contributed by atoms with E-state index in [9.17, 15) is 0 Å². The first-order valence-corrected chi connectivity index (χ1v) is 13.0. The molecule has 0 aliphatic heterocycles. The van der Waals surface area contributed by atoms with Crippen molar-refractivity contribution in [3.05, 3.63) is 95.9 Å². The van der Waals surface area contributed by atoms with Crippen LogP contribution in [0.1, 0.15) is 28.7 Å². The first-order valence-electron chi connectivity index (χ1n) is 13.0. The van der Waals surface area contributed by atoms with Crippen molar-refractivity contribution in [2.45, 2.75) is 25.9 Å². The van der Waals surface area contributed by atoms with Crippen LogP contribution in [0.4, 0.5) is 11.9 Å². The summed E-state index contributed by atoms with van der Waals surface area (Å²) < 4.78 is 1.76. The second-order valence-electron chi connectivity index (χ2n) is 9.16. The SMILES string of the molecule is C#CCc1cnc(N)[nH]1.Cl.Cl.NCc1nc2ccccc2[nH]1.Nc1ncc(Cc2cn(Cc3nc4ccccc4[nH]3)nn2)[nH]1. The fraction of sp³-hybridized carbons (Fsp3) is 0.143. The van der Waals surface area contributed by atoms with E-state index in [1.54, 1.807) is 17.1 Å². The number of nitrogens with zero attached hydrogens (tertiary/aromatic N) is 7. The molecular formula is C28H32Cl2N14. The molecule has 0 saturated heterocycles. The van der Waals surface area contributed by atoms with Gasteiger partial charge in [0.05, 0.1) is 53.1 Å². The number of fused-ring (bicyclic) bond motifs is 2. The van der Waals surface area contributed by atoms with E-state index in [0.717, 1.165) is 50.8 Å². The number of hydrogen-bond acceptors (Lipinski definition) is 9. The fourth-order valence-corrected chi connectivity index (χ4v) is 4.07. The number of benzene rings is 2. The van der Waals surface area contributed by atoms with Crippen LogP contribution in [0, 0.1) is 12.3 Å². The average Bonchev–Trinajstić information content (AvgIpc) is 3.82. The number of rotatable bonds is 6.